The maximum atomic E-state index is 14.1. The molecule has 2 saturated heterocycles. The fourth-order valence-corrected chi connectivity index (χ4v) is 4.80. The molecule has 116 valence electrons. The van der Waals surface area contributed by atoms with Crippen molar-refractivity contribution in [3.05, 3.63) is 0 Å². The van der Waals surface area contributed by atoms with E-state index in [4.69, 9.17) is 0 Å². The first kappa shape index (κ1) is 14.8. The molecule has 1 saturated carbocycles. The Morgan fingerprint density at radius 3 is 2.50 bits per heavy atom. The van der Waals surface area contributed by atoms with Crippen molar-refractivity contribution in [1.29, 1.82) is 0 Å². The molecule has 0 radical (unpaired) electrons. The Morgan fingerprint density at radius 1 is 0.900 bits per heavy atom. The summed E-state index contributed by atoms with van der Waals surface area (Å²) in [4.78, 5) is 1.73. The van der Waals surface area contributed by atoms with Gasteiger partial charge in [-0.3, -0.25) is 0 Å². The molecule has 1 aliphatic carbocycles. The second kappa shape index (κ2) is 7.22. The first-order valence-electron chi connectivity index (χ1n) is 9.06. The molecule has 2 aliphatic heterocycles. The summed E-state index contributed by atoms with van der Waals surface area (Å²) in [6.45, 7) is 3.58. The summed E-state index contributed by atoms with van der Waals surface area (Å²) in [5.74, 6) is 0.350. The molecule has 0 aromatic rings. The van der Waals surface area contributed by atoms with Crippen molar-refractivity contribution in [1.82, 2.24) is 5.32 Å². The maximum absolute atomic E-state index is 14.1. The standard InChI is InChI=1S/C17H31FN2/c18-15-8-2-1-7-14(15)13-20-12-6-4-10-17(20)16-9-3-5-11-19-16/h14-17,19H,1-13H2/p+1. The zero-order valence-corrected chi connectivity index (χ0v) is 12.9. The molecule has 3 fully saturated rings. The van der Waals surface area contributed by atoms with Gasteiger partial charge in [-0.05, 0) is 45.1 Å². The van der Waals surface area contributed by atoms with Crippen molar-refractivity contribution in [2.75, 3.05) is 19.6 Å². The number of hydrogen-bond acceptors (Lipinski definition) is 1. The van der Waals surface area contributed by atoms with Crippen LogP contribution in [-0.4, -0.2) is 37.9 Å². The van der Waals surface area contributed by atoms with Gasteiger partial charge in [0.2, 0.25) is 0 Å². The monoisotopic (exact) mass is 283 g/mol. The van der Waals surface area contributed by atoms with Gasteiger partial charge in [0.15, 0.2) is 0 Å². The molecule has 2 heterocycles. The topological polar surface area (TPSA) is 16.5 Å². The van der Waals surface area contributed by atoms with E-state index in [0.717, 1.165) is 31.8 Å². The van der Waals surface area contributed by atoms with Gasteiger partial charge < -0.3 is 10.2 Å². The SMILES string of the molecule is FC1CCCCC1C[NH+]1CCCCC1C1CCCCN1. The number of halogens is 1. The molecule has 0 spiro atoms. The second-order valence-corrected chi connectivity index (χ2v) is 7.33. The van der Waals surface area contributed by atoms with Crippen LogP contribution in [0.1, 0.15) is 64.2 Å². The number of likely N-dealkylation sites (tertiary alicyclic amines) is 1. The maximum Gasteiger partial charge on any atom is 0.108 e. The number of hydrogen-bond donors (Lipinski definition) is 2. The van der Waals surface area contributed by atoms with Gasteiger partial charge >= 0.3 is 0 Å². The van der Waals surface area contributed by atoms with Gasteiger partial charge in [-0.2, -0.15) is 0 Å². The van der Waals surface area contributed by atoms with Crippen LogP contribution in [0.5, 0.6) is 0 Å². The third-order valence-electron chi connectivity index (χ3n) is 5.96. The lowest BCUT2D eigenvalue weighted by atomic mass is 9.84. The van der Waals surface area contributed by atoms with Crippen LogP contribution in [0.4, 0.5) is 4.39 Å². The van der Waals surface area contributed by atoms with E-state index < -0.39 is 6.17 Å². The summed E-state index contributed by atoms with van der Waals surface area (Å²) in [5, 5.41) is 3.75. The van der Waals surface area contributed by atoms with Crippen molar-refractivity contribution in [3.8, 4) is 0 Å². The van der Waals surface area contributed by atoms with E-state index in [1.807, 2.05) is 0 Å². The average Bonchev–Trinajstić information content (AvgIpc) is 2.51. The van der Waals surface area contributed by atoms with E-state index in [1.165, 1.54) is 58.0 Å². The van der Waals surface area contributed by atoms with Gasteiger partial charge in [0, 0.05) is 12.3 Å². The van der Waals surface area contributed by atoms with Crippen LogP contribution >= 0.6 is 0 Å². The second-order valence-electron chi connectivity index (χ2n) is 7.33. The van der Waals surface area contributed by atoms with Gasteiger partial charge in [-0.15, -0.1) is 0 Å². The first-order chi connectivity index (χ1) is 9.84. The van der Waals surface area contributed by atoms with Gasteiger partial charge in [-0.25, -0.2) is 4.39 Å². The van der Waals surface area contributed by atoms with E-state index in [0.29, 0.717) is 12.0 Å². The fraction of sp³-hybridized carbons (Fsp3) is 1.00. The number of quaternary nitrogens is 1. The molecule has 2 N–H and O–H groups in total. The lowest BCUT2D eigenvalue weighted by Gasteiger charge is -2.41. The van der Waals surface area contributed by atoms with Crippen molar-refractivity contribution < 1.29 is 9.29 Å². The van der Waals surface area contributed by atoms with E-state index in [9.17, 15) is 4.39 Å². The van der Waals surface area contributed by atoms with Crippen LogP contribution < -0.4 is 10.2 Å². The number of piperidine rings is 2. The predicted octanol–water partition coefficient (Wildman–Crippen LogP) is 2.09. The van der Waals surface area contributed by atoms with E-state index >= 15 is 0 Å². The Morgan fingerprint density at radius 2 is 1.70 bits per heavy atom. The minimum Gasteiger partial charge on any atom is -0.331 e. The van der Waals surface area contributed by atoms with Crippen LogP contribution in [-0.2, 0) is 0 Å². The first-order valence-corrected chi connectivity index (χ1v) is 9.06. The van der Waals surface area contributed by atoms with Crippen LogP contribution in [0.2, 0.25) is 0 Å². The molecule has 3 heteroatoms. The van der Waals surface area contributed by atoms with Crippen molar-refractivity contribution >= 4 is 0 Å². The van der Waals surface area contributed by atoms with Crippen molar-refractivity contribution in [2.45, 2.75) is 82.5 Å². The van der Waals surface area contributed by atoms with E-state index in [1.54, 1.807) is 4.90 Å². The molecule has 0 bridgehead atoms. The number of alkyl halides is 1. The largest absolute Gasteiger partial charge is 0.331 e. The van der Waals surface area contributed by atoms with Gasteiger partial charge in [0.1, 0.15) is 12.2 Å². The average molecular weight is 283 g/mol. The summed E-state index contributed by atoms with van der Waals surface area (Å²) < 4.78 is 14.1. The van der Waals surface area contributed by atoms with Gasteiger partial charge in [-0.1, -0.05) is 19.3 Å². The summed E-state index contributed by atoms with van der Waals surface area (Å²) in [6.07, 6.45) is 12.0. The lowest BCUT2D eigenvalue weighted by Crippen LogP contribution is -3.19. The van der Waals surface area contributed by atoms with Crippen LogP contribution in [0.3, 0.4) is 0 Å². The summed E-state index contributed by atoms with van der Waals surface area (Å²) in [7, 11) is 0. The van der Waals surface area contributed by atoms with Crippen molar-refractivity contribution in [2.24, 2.45) is 5.92 Å². The Balaban J connectivity index is 1.59. The van der Waals surface area contributed by atoms with Crippen molar-refractivity contribution in [3.63, 3.8) is 0 Å². The van der Waals surface area contributed by atoms with Crippen LogP contribution in [0.15, 0.2) is 0 Å². The Bertz CT molecular complexity index is 291. The third kappa shape index (κ3) is 3.54. The predicted molar refractivity (Wildman–Crippen MR) is 80.8 cm³/mol. The molecular weight excluding hydrogens is 251 g/mol. The highest BCUT2D eigenvalue weighted by atomic mass is 19.1. The molecule has 0 aromatic heterocycles. The highest BCUT2D eigenvalue weighted by Gasteiger charge is 2.37. The van der Waals surface area contributed by atoms with Crippen LogP contribution in [0, 0.1) is 5.92 Å². The molecule has 5 atom stereocenters. The zero-order chi connectivity index (χ0) is 13.8. The minimum atomic E-state index is -0.516. The molecule has 2 nitrogen and oxygen atoms in total. The lowest BCUT2D eigenvalue weighted by molar-refractivity contribution is -0.935. The molecule has 3 rings (SSSR count). The van der Waals surface area contributed by atoms with Gasteiger partial charge in [0.05, 0.1) is 19.1 Å². The molecular formula is C17H32FN2+. The van der Waals surface area contributed by atoms with Crippen LogP contribution in [0.25, 0.3) is 0 Å². The van der Waals surface area contributed by atoms with E-state index in [2.05, 4.69) is 5.32 Å². The molecule has 20 heavy (non-hydrogen) atoms. The number of nitrogens with one attached hydrogen (secondary N) is 2. The zero-order valence-electron chi connectivity index (χ0n) is 12.9. The Kier molecular flexibility index (Phi) is 5.33. The summed E-state index contributed by atoms with van der Waals surface area (Å²) in [5.41, 5.74) is 0. The molecule has 0 amide bonds. The quantitative estimate of drug-likeness (QED) is 0.811. The number of rotatable bonds is 3. The molecule has 0 aromatic carbocycles. The highest BCUT2D eigenvalue weighted by molar-refractivity contribution is 4.82. The summed E-state index contributed by atoms with van der Waals surface area (Å²) >= 11 is 0. The Hall–Kier alpha value is -0.150. The summed E-state index contributed by atoms with van der Waals surface area (Å²) in [6, 6.07) is 1.47. The smallest absolute Gasteiger partial charge is 0.108 e. The third-order valence-corrected chi connectivity index (χ3v) is 5.96. The highest BCUT2D eigenvalue weighted by Crippen LogP contribution is 2.26. The fourth-order valence-electron chi connectivity index (χ4n) is 4.80. The van der Waals surface area contributed by atoms with E-state index in [-0.39, 0.29) is 0 Å². The minimum absolute atomic E-state index is 0.350. The molecule has 3 aliphatic rings. The molecule has 5 unspecified atom stereocenters. The van der Waals surface area contributed by atoms with Gasteiger partial charge in [0.25, 0.3) is 0 Å². The normalized spacial score (nSPS) is 43.4. The Labute approximate surface area is 123 Å².